The quantitative estimate of drug-likeness (QED) is 0.549. The fraction of sp³-hybridized carbons (Fsp3) is 0.263. The molecule has 0 saturated carbocycles. The van der Waals surface area contributed by atoms with E-state index in [2.05, 4.69) is 20.5 Å². The van der Waals surface area contributed by atoms with E-state index in [1.165, 1.54) is 18.4 Å². The third-order valence-corrected chi connectivity index (χ3v) is 4.81. The molecule has 0 fully saturated rings. The minimum Gasteiger partial charge on any atom is -0.463 e. The van der Waals surface area contributed by atoms with Gasteiger partial charge in [-0.25, -0.2) is 9.50 Å². The number of carbonyl (C=O) groups is 1. The molecule has 0 aliphatic carbocycles. The number of fused-ring (bicyclic) bond motifs is 1. The molecule has 0 aliphatic rings. The summed E-state index contributed by atoms with van der Waals surface area (Å²) in [5.74, 6) is -0.437. The molecular formula is C19H17F3N6O2. The van der Waals surface area contributed by atoms with E-state index < -0.39 is 17.8 Å². The van der Waals surface area contributed by atoms with Crippen molar-refractivity contribution in [3.8, 4) is 11.5 Å². The van der Waals surface area contributed by atoms with Crippen LogP contribution in [0.4, 0.5) is 13.2 Å². The summed E-state index contributed by atoms with van der Waals surface area (Å²) in [6, 6.07) is 5.09. The van der Waals surface area contributed by atoms with Gasteiger partial charge in [-0.2, -0.15) is 23.4 Å². The molecule has 1 N–H and O–H groups in total. The fourth-order valence-electron chi connectivity index (χ4n) is 3.17. The monoisotopic (exact) mass is 418 g/mol. The highest BCUT2D eigenvalue weighted by Gasteiger charge is 2.36. The van der Waals surface area contributed by atoms with Gasteiger partial charge < -0.3 is 9.73 Å². The average Bonchev–Trinajstić information content (AvgIpc) is 3.39. The third-order valence-electron chi connectivity index (χ3n) is 4.81. The Morgan fingerprint density at radius 1 is 1.23 bits per heavy atom. The molecule has 0 bridgehead atoms. The van der Waals surface area contributed by atoms with Crippen LogP contribution in [0.3, 0.4) is 0 Å². The lowest BCUT2D eigenvalue weighted by Crippen LogP contribution is -2.24. The highest BCUT2D eigenvalue weighted by Crippen LogP contribution is 2.32. The van der Waals surface area contributed by atoms with Crippen LogP contribution in [0.15, 0.2) is 34.9 Å². The van der Waals surface area contributed by atoms with Crippen LogP contribution in [0, 0.1) is 13.8 Å². The van der Waals surface area contributed by atoms with E-state index in [9.17, 15) is 18.0 Å². The van der Waals surface area contributed by atoms with Crippen LogP contribution in [-0.2, 0) is 19.8 Å². The van der Waals surface area contributed by atoms with Crippen LogP contribution in [0.2, 0.25) is 0 Å². The van der Waals surface area contributed by atoms with Crippen molar-refractivity contribution in [1.29, 1.82) is 0 Å². The number of hydrogen-bond donors (Lipinski definition) is 1. The van der Waals surface area contributed by atoms with Crippen LogP contribution in [-0.4, -0.2) is 30.3 Å². The highest BCUT2D eigenvalue weighted by atomic mass is 19.4. The van der Waals surface area contributed by atoms with Crippen LogP contribution in [0.5, 0.6) is 0 Å². The maximum Gasteiger partial charge on any atom is 0.433 e. The summed E-state index contributed by atoms with van der Waals surface area (Å²) in [4.78, 5) is 16.7. The van der Waals surface area contributed by atoms with Gasteiger partial charge in [0.2, 0.25) is 0 Å². The highest BCUT2D eigenvalue weighted by molar-refractivity contribution is 5.93. The standard InChI is InChI=1S/C19H17F3N6O2/c1-10-12(11(2)27(3)25-10)9-23-18(29)14-8-17-24-13(15-5-4-6-30-15)7-16(19(20,21)22)28(17)26-14/h4-8H,9H2,1-3H3,(H,23,29). The summed E-state index contributed by atoms with van der Waals surface area (Å²) in [6.07, 6.45) is -3.36. The summed E-state index contributed by atoms with van der Waals surface area (Å²) in [6.45, 7) is 3.85. The first kappa shape index (κ1) is 19.7. The van der Waals surface area contributed by atoms with Gasteiger partial charge in [-0.15, -0.1) is 0 Å². The van der Waals surface area contributed by atoms with Crippen molar-refractivity contribution in [1.82, 2.24) is 29.7 Å². The molecule has 11 heteroatoms. The Hall–Kier alpha value is -3.63. The van der Waals surface area contributed by atoms with Gasteiger partial charge in [0.1, 0.15) is 5.69 Å². The summed E-state index contributed by atoms with van der Waals surface area (Å²) >= 11 is 0. The SMILES string of the molecule is Cc1nn(C)c(C)c1CNC(=O)c1cc2nc(-c3ccco3)cc(C(F)(F)F)n2n1. The molecule has 4 rings (SSSR count). The zero-order valence-corrected chi connectivity index (χ0v) is 16.3. The number of halogens is 3. The largest absolute Gasteiger partial charge is 0.463 e. The number of hydrogen-bond acceptors (Lipinski definition) is 5. The summed E-state index contributed by atoms with van der Waals surface area (Å²) in [5, 5.41) is 10.8. The van der Waals surface area contributed by atoms with Gasteiger partial charge in [0, 0.05) is 30.9 Å². The summed E-state index contributed by atoms with van der Waals surface area (Å²) in [5.41, 5.74) is 1.12. The summed E-state index contributed by atoms with van der Waals surface area (Å²) < 4.78 is 48.2. The molecule has 0 radical (unpaired) electrons. The molecule has 4 heterocycles. The maximum atomic E-state index is 13.6. The zero-order chi connectivity index (χ0) is 21.6. The van der Waals surface area contributed by atoms with Crippen molar-refractivity contribution in [2.45, 2.75) is 26.6 Å². The first-order valence-electron chi connectivity index (χ1n) is 8.94. The Balaban J connectivity index is 1.69. The zero-order valence-electron chi connectivity index (χ0n) is 16.3. The van der Waals surface area contributed by atoms with E-state index in [0.29, 0.717) is 4.52 Å². The predicted molar refractivity (Wildman–Crippen MR) is 99.5 cm³/mol. The Morgan fingerprint density at radius 2 is 2.00 bits per heavy atom. The Labute approximate surface area is 168 Å². The van der Waals surface area contributed by atoms with Crippen molar-refractivity contribution in [3.05, 3.63) is 58.9 Å². The second-order valence-corrected chi connectivity index (χ2v) is 6.76. The average molecular weight is 418 g/mol. The molecule has 0 unspecified atom stereocenters. The van der Waals surface area contributed by atoms with E-state index >= 15 is 0 Å². The van der Waals surface area contributed by atoms with Crippen LogP contribution >= 0.6 is 0 Å². The van der Waals surface area contributed by atoms with E-state index in [1.807, 2.05) is 13.8 Å². The van der Waals surface area contributed by atoms with Crippen molar-refractivity contribution in [3.63, 3.8) is 0 Å². The number of amides is 1. The normalized spacial score (nSPS) is 11.9. The number of aromatic nitrogens is 5. The smallest absolute Gasteiger partial charge is 0.433 e. The van der Waals surface area contributed by atoms with Gasteiger partial charge in [-0.3, -0.25) is 9.48 Å². The predicted octanol–water partition coefficient (Wildman–Crippen LogP) is 3.29. The molecule has 156 valence electrons. The van der Waals surface area contributed by atoms with Crippen molar-refractivity contribution in [2.24, 2.45) is 7.05 Å². The molecule has 8 nitrogen and oxygen atoms in total. The van der Waals surface area contributed by atoms with Gasteiger partial charge in [0.05, 0.1) is 12.0 Å². The second-order valence-electron chi connectivity index (χ2n) is 6.76. The molecule has 0 aromatic carbocycles. The number of nitrogens with one attached hydrogen (secondary N) is 1. The van der Waals surface area contributed by atoms with Gasteiger partial charge in [0.15, 0.2) is 22.8 Å². The van der Waals surface area contributed by atoms with Crippen molar-refractivity contribution < 1.29 is 22.4 Å². The number of furan rings is 1. The van der Waals surface area contributed by atoms with Gasteiger partial charge in [-0.05, 0) is 32.0 Å². The lowest BCUT2D eigenvalue weighted by atomic mass is 10.2. The topological polar surface area (TPSA) is 90.2 Å². The van der Waals surface area contributed by atoms with Crippen LogP contribution in [0.25, 0.3) is 17.1 Å². The maximum absolute atomic E-state index is 13.6. The van der Waals surface area contributed by atoms with Crippen LogP contribution < -0.4 is 5.32 Å². The lowest BCUT2D eigenvalue weighted by molar-refractivity contribution is -0.142. The van der Waals surface area contributed by atoms with E-state index in [4.69, 9.17) is 4.42 Å². The van der Waals surface area contributed by atoms with E-state index in [1.54, 1.807) is 17.8 Å². The van der Waals surface area contributed by atoms with Crippen molar-refractivity contribution >= 4 is 11.6 Å². The van der Waals surface area contributed by atoms with Gasteiger partial charge in [-0.1, -0.05) is 0 Å². The fourth-order valence-corrected chi connectivity index (χ4v) is 3.17. The molecule has 0 spiro atoms. The minimum absolute atomic E-state index is 0.00621. The molecule has 1 amide bonds. The van der Waals surface area contributed by atoms with Gasteiger partial charge >= 0.3 is 6.18 Å². The van der Waals surface area contributed by atoms with Crippen molar-refractivity contribution in [2.75, 3.05) is 0 Å². The Morgan fingerprint density at radius 3 is 2.60 bits per heavy atom. The first-order chi connectivity index (χ1) is 14.1. The molecule has 4 aromatic heterocycles. The Bertz CT molecular complexity index is 1240. The number of nitrogens with zero attached hydrogens (tertiary/aromatic N) is 5. The number of carbonyl (C=O) groups excluding carboxylic acids is 1. The Kier molecular flexibility index (Phi) is 4.60. The van der Waals surface area contributed by atoms with Gasteiger partial charge in [0.25, 0.3) is 5.91 Å². The molecule has 30 heavy (non-hydrogen) atoms. The minimum atomic E-state index is -4.70. The first-order valence-corrected chi connectivity index (χ1v) is 8.94. The number of alkyl halides is 3. The lowest BCUT2D eigenvalue weighted by Gasteiger charge is -2.09. The number of aryl methyl sites for hydroxylation is 2. The summed E-state index contributed by atoms with van der Waals surface area (Å²) in [7, 11) is 1.79. The second kappa shape index (κ2) is 7.01. The molecule has 0 atom stereocenters. The van der Waals surface area contributed by atoms with Crippen LogP contribution in [0.1, 0.15) is 33.1 Å². The molecule has 4 aromatic rings. The number of rotatable bonds is 4. The third kappa shape index (κ3) is 3.42. The molecule has 0 aliphatic heterocycles. The van der Waals surface area contributed by atoms with E-state index in [0.717, 1.165) is 23.0 Å². The van der Waals surface area contributed by atoms with E-state index in [-0.39, 0.29) is 29.3 Å². The molecular weight excluding hydrogens is 401 g/mol. The molecule has 0 saturated heterocycles.